The van der Waals surface area contributed by atoms with Gasteiger partial charge in [0.25, 0.3) is 0 Å². The highest BCUT2D eigenvalue weighted by molar-refractivity contribution is 14.1. The van der Waals surface area contributed by atoms with Crippen molar-refractivity contribution in [3.05, 3.63) is 33.4 Å². The van der Waals surface area contributed by atoms with E-state index in [1.165, 1.54) is 19.3 Å². The SMILES string of the molecule is CCCCCCC(O)c1ccccc1I. The van der Waals surface area contributed by atoms with Gasteiger partial charge in [0.2, 0.25) is 0 Å². The van der Waals surface area contributed by atoms with Gasteiger partial charge in [0.05, 0.1) is 6.10 Å². The molecule has 2 heteroatoms. The molecule has 0 saturated carbocycles. The van der Waals surface area contributed by atoms with Crippen LogP contribution >= 0.6 is 22.6 Å². The summed E-state index contributed by atoms with van der Waals surface area (Å²) in [5, 5.41) is 10.00. The van der Waals surface area contributed by atoms with Crippen LogP contribution in [0.2, 0.25) is 0 Å². The molecule has 15 heavy (non-hydrogen) atoms. The van der Waals surface area contributed by atoms with Crippen LogP contribution in [0.4, 0.5) is 0 Å². The van der Waals surface area contributed by atoms with Gasteiger partial charge in [0.15, 0.2) is 0 Å². The number of aliphatic hydroxyl groups excluding tert-OH is 1. The predicted molar refractivity (Wildman–Crippen MR) is 72.9 cm³/mol. The minimum Gasteiger partial charge on any atom is -0.388 e. The van der Waals surface area contributed by atoms with E-state index in [1.807, 2.05) is 24.3 Å². The number of rotatable bonds is 6. The Bertz CT molecular complexity index is 286. The summed E-state index contributed by atoms with van der Waals surface area (Å²) >= 11 is 2.28. The maximum Gasteiger partial charge on any atom is 0.0800 e. The van der Waals surface area contributed by atoms with Crippen LogP contribution < -0.4 is 0 Å². The number of hydrogen-bond acceptors (Lipinski definition) is 1. The first-order chi connectivity index (χ1) is 7.25. The van der Waals surface area contributed by atoms with Gasteiger partial charge >= 0.3 is 0 Å². The Morgan fingerprint density at radius 2 is 1.93 bits per heavy atom. The molecule has 84 valence electrons. The van der Waals surface area contributed by atoms with Gasteiger partial charge in [-0.15, -0.1) is 0 Å². The summed E-state index contributed by atoms with van der Waals surface area (Å²) in [4.78, 5) is 0. The highest BCUT2D eigenvalue weighted by atomic mass is 127. The number of halogens is 1. The predicted octanol–water partition coefficient (Wildman–Crippen LogP) is 4.30. The van der Waals surface area contributed by atoms with Crippen LogP contribution in [0, 0.1) is 3.57 Å². The maximum absolute atomic E-state index is 10.00. The lowest BCUT2D eigenvalue weighted by molar-refractivity contribution is 0.162. The van der Waals surface area contributed by atoms with Crippen molar-refractivity contribution in [1.29, 1.82) is 0 Å². The zero-order valence-corrected chi connectivity index (χ0v) is 11.4. The number of hydrogen-bond donors (Lipinski definition) is 1. The quantitative estimate of drug-likeness (QED) is 0.613. The van der Waals surface area contributed by atoms with Crippen LogP contribution in [0.1, 0.15) is 50.7 Å². The van der Waals surface area contributed by atoms with Crippen molar-refractivity contribution in [2.24, 2.45) is 0 Å². The largest absolute Gasteiger partial charge is 0.388 e. The van der Waals surface area contributed by atoms with Crippen molar-refractivity contribution in [2.75, 3.05) is 0 Å². The molecule has 0 heterocycles. The number of unbranched alkanes of at least 4 members (excludes halogenated alkanes) is 3. The molecule has 0 fully saturated rings. The minimum absolute atomic E-state index is 0.282. The Balaban J connectivity index is 2.40. The second kappa shape index (κ2) is 7.23. The molecule has 0 radical (unpaired) electrons. The first-order valence-corrected chi connectivity index (χ1v) is 6.76. The molecular weight excluding hydrogens is 299 g/mol. The Morgan fingerprint density at radius 1 is 1.20 bits per heavy atom. The molecule has 1 aromatic carbocycles. The third-order valence-electron chi connectivity index (χ3n) is 2.60. The molecule has 0 aliphatic heterocycles. The Kier molecular flexibility index (Phi) is 6.25. The molecular formula is C13H19IO. The molecule has 1 aromatic rings. The second-order valence-electron chi connectivity index (χ2n) is 3.89. The van der Waals surface area contributed by atoms with Gasteiger partial charge in [-0.25, -0.2) is 0 Å². The van der Waals surface area contributed by atoms with E-state index in [4.69, 9.17) is 0 Å². The Morgan fingerprint density at radius 3 is 2.60 bits per heavy atom. The van der Waals surface area contributed by atoms with Gasteiger partial charge in [-0.3, -0.25) is 0 Å². The van der Waals surface area contributed by atoms with E-state index in [-0.39, 0.29) is 6.10 Å². The summed E-state index contributed by atoms with van der Waals surface area (Å²) in [6.07, 6.45) is 5.49. The molecule has 1 unspecified atom stereocenters. The van der Waals surface area contributed by atoms with Gasteiger partial charge in [-0.1, -0.05) is 50.8 Å². The highest BCUT2D eigenvalue weighted by Gasteiger charge is 2.09. The van der Waals surface area contributed by atoms with Crippen molar-refractivity contribution in [3.63, 3.8) is 0 Å². The summed E-state index contributed by atoms with van der Waals surface area (Å²) in [5.74, 6) is 0. The van der Waals surface area contributed by atoms with Crippen LogP contribution in [-0.2, 0) is 0 Å². The zero-order valence-electron chi connectivity index (χ0n) is 9.25. The summed E-state index contributed by atoms with van der Waals surface area (Å²) in [6, 6.07) is 8.07. The van der Waals surface area contributed by atoms with Crippen molar-refractivity contribution in [2.45, 2.75) is 45.1 Å². The highest BCUT2D eigenvalue weighted by Crippen LogP contribution is 2.24. The molecule has 0 aliphatic carbocycles. The van der Waals surface area contributed by atoms with Crippen LogP contribution in [0.15, 0.2) is 24.3 Å². The standard InChI is InChI=1S/C13H19IO/c1-2-3-4-5-10-13(15)11-8-6-7-9-12(11)14/h6-9,13,15H,2-5,10H2,1H3. The van der Waals surface area contributed by atoms with E-state index in [9.17, 15) is 5.11 Å². The average molecular weight is 318 g/mol. The van der Waals surface area contributed by atoms with Crippen molar-refractivity contribution in [1.82, 2.24) is 0 Å². The van der Waals surface area contributed by atoms with E-state index in [1.54, 1.807) is 0 Å². The first-order valence-electron chi connectivity index (χ1n) is 5.68. The van der Waals surface area contributed by atoms with Crippen LogP contribution in [-0.4, -0.2) is 5.11 Å². The number of benzene rings is 1. The number of aliphatic hydroxyl groups is 1. The third kappa shape index (κ3) is 4.51. The normalized spacial score (nSPS) is 12.7. The maximum atomic E-state index is 10.00. The molecule has 0 aliphatic rings. The van der Waals surface area contributed by atoms with Gasteiger partial charge in [-0.2, -0.15) is 0 Å². The van der Waals surface area contributed by atoms with E-state index in [2.05, 4.69) is 29.5 Å². The summed E-state index contributed by atoms with van der Waals surface area (Å²) < 4.78 is 1.16. The molecule has 1 rings (SSSR count). The van der Waals surface area contributed by atoms with Crippen LogP contribution in [0.25, 0.3) is 0 Å². The molecule has 1 atom stereocenters. The van der Waals surface area contributed by atoms with Gasteiger partial charge in [-0.05, 0) is 40.6 Å². The fraction of sp³-hybridized carbons (Fsp3) is 0.538. The molecule has 0 amide bonds. The first kappa shape index (κ1) is 13.0. The smallest absolute Gasteiger partial charge is 0.0800 e. The fourth-order valence-electron chi connectivity index (χ4n) is 1.67. The minimum atomic E-state index is -0.282. The molecule has 0 aromatic heterocycles. The summed E-state index contributed by atoms with van der Waals surface area (Å²) in [7, 11) is 0. The van der Waals surface area contributed by atoms with Crippen molar-refractivity contribution in [3.8, 4) is 0 Å². The Labute approximate surface area is 106 Å². The topological polar surface area (TPSA) is 20.2 Å². The molecule has 0 bridgehead atoms. The van der Waals surface area contributed by atoms with Gasteiger partial charge in [0.1, 0.15) is 0 Å². The van der Waals surface area contributed by atoms with Gasteiger partial charge in [0, 0.05) is 3.57 Å². The summed E-state index contributed by atoms with van der Waals surface area (Å²) in [6.45, 7) is 2.20. The van der Waals surface area contributed by atoms with E-state index >= 15 is 0 Å². The molecule has 0 saturated heterocycles. The fourth-order valence-corrected chi connectivity index (χ4v) is 2.41. The summed E-state index contributed by atoms with van der Waals surface area (Å²) in [5.41, 5.74) is 1.08. The van der Waals surface area contributed by atoms with E-state index in [0.29, 0.717) is 0 Å². The zero-order chi connectivity index (χ0) is 11.1. The van der Waals surface area contributed by atoms with Crippen molar-refractivity contribution < 1.29 is 5.11 Å². The lowest BCUT2D eigenvalue weighted by Crippen LogP contribution is -1.99. The Hall–Kier alpha value is -0.0900. The third-order valence-corrected chi connectivity index (χ3v) is 3.58. The lowest BCUT2D eigenvalue weighted by atomic mass is 10.0. The van der Waals surface area contributed by atoms with Gasteiger partial charge < -0.3 is 5.11 Å². The van der Waals surface area contributed by atoms with E-state index in [0.717, 1.165) is 22.0 Å². The average Bonchev–Trinajstić information content (AvgIpc) is 2.25. The monoisotopic (exact) mass is 318 g/mol. The van der Waals surface area contributed by atoms with Crippen LogP contribution in [0.3, 0.4) is 0 Å². The van der Waals surface area contributed by atoms with Crippen LogP contribution in [0.5, 0.6) is 0 Å². The molecule has 1 nitrogen and oxygen atoms in total. The van der Waals surface area contributed by atoms with Crippen molar-refractivity contribution >= 4 is 22.6 Å². The second-order valence-corrected chi connectivity index (χ2v) is 5.05. The lowest BCUT2D eigenvalue weighted by Gasteiger charge is -2.12. The van der Waals surface area contributed by atoms with E-state index < -0.39 is 0 Å². The molecule has 1 N–H and O–H groups in total. The molecule has 0 spiro atoms.